The number of phenolic OH excluding ortho intramolecular Hbond substituents is 1. The summed E-state index contributed by atoms with van der Waals surface area (Å²) in [5.41, 5.74) is 5.86. The van der Waals surface area contributed by atoms with Crippen LogP contribution in [0.1, 0.15) is 43.2 Å². The van der Waals surface area contributed by atoms with Gasteiger partial charge >= 0.3 is 0 Å². The number of nitrogens with zero attached hydrogens (tertiary/aromatic N) is 1. The Morgan fingerprint density at radius 3 is 3.03 bits per heavy atom. The zero-order chi connectivity index (χ0) is 19.4. The van der Waals surface area contributed by atoms with E-state index in [1.54, 1.807) is 0 Å². The molecule has 4 nitrogen and oxygen atoms in total. The van der Waals surface area contributed by atoms with Crippen LogP contribution in [0.3, 0.4) is 0 Å². The second-order valence-electron chi connectivity index (χ2n) is 9.09. The van der Waals surface area contributed by atoms with Gasteiger partial charge in [-0.25, -0.2) is 0 Å². The quantitative estimate of drug-likeness (QED) is 0.542. The van der Waals surface area contributed by atoms with Crippen LogP contribution >= 0.6 is 0 Å². The molecule has 148 valence electrons. The number of benzene rings is 2. The first-order valence-electron chi connectivity index (χ1n) is 10.9. The number of aromatic hydroxyl groups is 1. The second kappa shape index (κ2) is 6.46. The van der Waals surface area contributed by atoms with E-state index in [0.29, 0.717) is 11.8 Å². The monoisotopic (exact) mass is 385 g/mol. The standard InChI is InChI=1S/C25H27N3O/c29-24-15-20-17(13-22-19-5-1-2-8-25(19,20)9-11-27-22)14-23(24)28-18-6-7-21-16(12-18)4-3-10-26-21/h3-4,6-7,10,12,14-15,19,22,27-29H,1-2,5,8-9,11,13H2/t19-,22+,25+/m0/s1. The van der Waals surface area contributed by atoms with Crippen LogP contribution in [0.2, 0.25) is 0 Å². The fourth-order valence-corrected chi connectivity index (χ4v) is 6.38. The van der Waals surface area contributed by atoms with Crippen LogP contribution in [0.15, 0.2) is 48.7 Å². The summed E-state index contributed by atoms with van der Waals surface area (Å²) in [7, 11) is 0. The number of hydrogen-bond acceptors (Lipinski definition) is 4. The molecule has 1 saturated heterocycles. The highest BCUT2D eigenvalue weighted by Gasteiger charge is 2.51. The van der Waals surface area contributed by atoms with Crippen LogP contribution in [0.5, 0.6) is 5.75 Å². The van der Waals surface area contributed by atoms with E-state index in [0.717, 1.165) is 41.2 Å². The molecule has 0 spiro atoms. The Morgan fingerprint density at radius 2 is 2.07 bits per heavy atom. The smallest absolute Gasteiger partial charge is 0.139 e. The Labute approximate surface area is 171 Å². The number of nitrogens with one attached hydrogen (secondary N) is 2. The summed E-state index contributed by atoms with van der Waals surface area (Å²) in [5.74, 6) is 1.09. The molecule has 2 aromatic carbocycles. The molecule has 0 unspecified atom stereocenters. The summed E-state index contributed by atoms with van der Waals surface area (Å²) in [6.45, 7) is 1.10. The lowest BCUT2D eigenvalue weighted by atomic mass is 9.53. The molecule has 0 radical (unpaired) electrons. The molecular weight excluding hydrogens is 358 g/mol. The summed E-state index contributed by atoms with van der Waals surface area (Å²) in [6.07, 6.45) is 9.34. The molecule has 2 heterocycles. The van der Waals surface area contributed by atoms with Crippen LogP contribution in [-0.2, 0) is 11.8 Å². The van der Waals surface area contributed by atoms with Gasteiger partial charge in [0.05, 0.1) is 11.2 Å². The average molecular weight is 386 g/mol. The molecule has 2 bridgehead atoms. The van der Waals surface area contributed by atoms with E-state index in [4.69, 9.17) is 0 Å². The fourth-order valence-electron chi connectivity index (χ4n) is 6.38. The molecule has 29 heavy (non-hydrogen) atoms. The first-order valence-corrected chi connectivity index (χ1v) is 10.9. The summed E-state index contributed by atoms with van der Waals surface area (Å²) >= 11 is 0. The predicted octanol–water partition coefficient (Wildman–Crippen LogP) is 5.03. The van der Waals surface area contributed by atoms with E-state index in [2.05, 4.69) is 39.9 Å². The van der Waals surface area contributed by atoms with Gasteiger partial charge in [0.1, 0.15) is 5.75 Å². The minimum Gasteiger partial charge on any atom is -0.506 e. The van der Waals surface area contributed by atoms with Gasteiger partial charge < -0.3 is 15.7 Å². The van der Waals surface area contributed by atoms with Crippen LogP contribution in [-0.4, -0.2) is 22.7 Å². The lowest BCUT2D eigenvalue weighted by Crippen LogP contribution is -2.59. The molecular formula is C25H27N3O. The third kappa shape index (κ3) is 2.66. The van der Waals surface area contributed by atoms with E-state index in [1.165, 1.54) is 43.2 Å². The number of phenols is 1. The van der Waals surface area contributed by atoms with Crippen LogP contribution < -0.4 is 10.6 Å². The summed E-state index contributed by atoms with van der Waals surface area (Å²) < 4.78 is 0. The van der Waals surface area contributed by atoms with Crippen molar-refractivity contribution in [2.24, 2.45) is 5.92 Å². The maximum Gasteiger partial charge on any atom is 0.139 e. The van der Waals surface area contributed by atoms with Crippen LogP contribution in [0, 0.1) is 5.92 Å². The molecule has 1 aromatic heterocycles. The van der Waals surface area contributed by atoms with Gasteiger partial charge in [0.2, 0.25) is 0 Å². The van der Waals surface area contributed by atoms with Gasteiger partial charge in [-0.3, -0.25) is 4.98 Å². The topological polar surface area (TPSA) is 57.2 Å². The third-order valence-corrected chi connectivity index (χ3v) is 7.64. The maximum absolute atomic E-state index is 10.9. The number of fused-ring (bicyclic) bond motifs is 2. The third-order valence-electron chi connectivity index (χ3n) is 7.64. The molecule has 3 N–H and O–H groups in total. The average Bonchev–Trinajstić information content (AvgIpc) is 2.75. The summed E-state index contributed by atoms with van der Waals surface area (Å²) in [5, 5.41) is 19.3. The predicted molar refractivity (Wildman–Crippen MR) is 117 cm³/mol. The first-order chi connectivity index (χ1) is 14.2. The lowest BCUT2D eigenvalue weighted by molar-refractivity contribution is 0.0796. The second-order valence-corrected chi connectivity index (χ2v) is 9.09. The molecule has 1 saturated carbocycles. The van der Waals surface area contributed by atoms with Crippen LogP contribution in [0.25, 0.3) is 10.9 Å². The van der Waals surface area contributed by atoms with Gasteiger partial charge in [0.25, 0.3) is 0 Å². The van der Waals surface area contributed by atoms with Gasteiger partial charge in [-0.15, -0.1) is 0 Å². The van der Waals surface area contributed by atoms with Crippen molar-refractivity contribution >= 4 is 22.3 Å². The van der Waals surface area contributed by atoms with Crippen molar-refractivity contribution in [3.63, 3.8) is 0 Å². The Kier molecular flexibility index (Phi) is 3.85. The van der Waals surface area contributed by atoms with Gasteiger partial charge in [-0.1, -0.05) is 18.9 Å². The van der Waals surface area contributed by atoms with E-state index < -0.39 is 0 Å². The van der Waals surface area contributed by atoms with Crippen molar-refractivity contribution in [3.8, 4) is 5.75 Å². The van der Waals surface area contributed by atoms with Gasteiger partial charge in [-0.2, -0.15) is 0 Å². The highest BCUT2D eigenvalue weighted by atomic mass is 16.3. The van der Waals surface area contributed by atoms with Crippen molar-refractivity contribution in [1.29, 1.82) is 0 Å². The highest BCUT2D eigenvalue weighted by molar-refractivity contribution is 5.83. The Hall–Kier alpha value is -2.59. The van der Waals surface area contributed by atoms with E-state index in [-0.39, 0.29) is 5.41 Å². The van der Waals surface area contributed by atoms with E-state index >= 15 is 0 Å². The Bertz CT molecular complexity index is 1090. The minimum absolute atomic E-state index is 0.270. The molecule has 4 heteroatoms. The van der Waals surface area contributed by atoms with Crippen molar-refractivity contribution in [2.45, 2.75) is 50.0 Å². The Morgan fingerprint density at radius 1 is 1.10 bits per heavy atom. The van der Waals surface area contributed by atoms with E-state index in [9.17, 15) is 5.11 Å². The zero-order valence-corrected chi connectivity index (χ0v) is 16.6. The SMILES string of the molecule is Oc1cc2c(cc1Nc1ccc3ncccc3c1)C[C@H]1NCC[C@@]23CCCC[C@@H]13. The number of pyridine rings is 1. The Balaban J connectivity index is 1.40. The number of piperidine rings is 1. The molecule has 3 aliphatic rings. The molecule has 6 rings (SSSR count). The number of hydrogen-bond donors (Lipinski definition) is 3. The van der Waals surface area contributed by atoms with Gasteiger partial charge in [0, 0.05) is 28.7 Å². The molecule has 3 aromatic rings. The van der Waals surface area contributed by atoms with Gasteiger partial charge in [0.15, 0.2) is 0 Å². The summed E-state index contributed by atoms with van der Waals surface area (Å²) in [4.78, 5) is 4.39. The molecule has 1 aliphatic heterocycles. The lowest BCUT2D eigenvalue weighted by Gasteiger charge is -2.56. The maximum atomic E-state index is 10.9. The first kappa shape index (κ1) is 17.3. The normalized spacial score (nSPS) is 27.9. The zero-order valence-electron chi connectivity index (χ0n) is 16.6. The molecule has 3 atom stereocenters. The largest absolute Gasteiger partial charge is 0.506 e. The highest BCUT2D eigenvalue weighted by Crippen LogP contribution is 2.55. The van der Waals surface area contributed by atoms with Crippen LogP contribution in [0.4, 0.5) is 11.4 Å². The number of aromatic nitrogens is 1. The molecule has 2 aliphatic carbocycles. The van der Waals surface area contributed by atoms with Crippen molar-refractivity contribution < 1.29 is 5.11 Å². The van der Waals surface area contributed by atoms with Gasteiger partial charge in [-0.05, 0) is 85.7 Å². The van der Waals surface area contributed by atoms with Crippen molar-refractivity contribution in [2.75, 3.05) is 11.9 Å². The minimum atomic E-state index is 0.270. The fraction of sp³-hybridized carbons (Fsp3) is 0.400. The summed E-state index contributed by atoms with van der Waals surface area (Å²) in [6, 6.07) is 15.0. The number of anilines is 2. The number of rotatable bonds is 2. The molecule has 2 fully saturated rings. The van der Waals surface area contributed by atoms with Crippen molar-refractivity contribution in [3.05, 3.63) is 59.8 Å². The van der Waals surface area contributed by atoms with Crippen molar-refractivity contribution in [1.82, 2.24) is 10.3 Å². The molecule has 0 amide bonds. The van der Waals surface area contributed by atoms with E-state index in [1.807, 2.05) is 24.4 Å².